The molecule has 0 amide bonds. The molecule has 1 heterocycles. The molecular formula is C13H23N. The Balaban J connectivity index is 1.68. The Bertz CT molecular complexity index is 159. The van der Waals surface area contributed by atoms with Gasteiger partial charge in [-0.1, -0.05) is 25.7 Å². The van der Waals surface area contributed by atoms with Crippen molar-refractivity contribution in [2.75, 3.05) is 0 Å². The van der Waals surface area contributed by atoms with Crippen molar-refractivity contribution in [3.8, 4) is 0 Å². The van der Waals surface area contributed by atoms with Crippen molar-refractivity contribution in [2.45, 2.75) is 69.9 Å². The molecule has 0 unspecified atom stereocenters. The van der Waals surface area contributed by atoms with Gasteiger partial charge in [-0.3, -0.25) is 0 Å². The zero-order chi connectivity index (χ0) is 9.38. The Kier molecular flexibility index (Phi) is 2.53. The largest absolute Gasteiger partial charge is 0.311 e. The molecule has 0 radical (unpaired) electrons. The van der Waals surface area contributed by atoms with Crippen LogP contribution in [0.3, 0.4) is 0 Å². The van der Waals surface area contributed by atoms with Crippen LogP contribution >= 0.6 is 0 Å². The summed E-state index contributed by atoms with van der Waals surface area (Å²) in [5.74, 6) is 2.09. The zero-order valence-electron chi connectivity index (χ0n) is 9.17. The van der Waals surface area contributed by atoms with Crippen LogP contribution in [0, 0.1) is 11.8 Å². The molecule has 3 aliphatic rings. The summed E-state index contributed by atoms with van der Waals surface area (Å²) in [6.45, 7) is 0. The monoisotopic (exact) mass is 193 g/mol. The smallest absolute Gasteiger partial charge is 0.00981 e. The molecule has 1 saturated heterocycles. The van der Waals surface area contributed by atoms with Crippen molar-refractivity contribution in [1.29, 1.82) is 0 Å². The van der Waals surface area contributed by atoms with Gasteiger partial charge in [-0.15, -0.1) is 0 Å². The van der Waals surface area contributed by atoms with E-state index in [1.807, 2.05) is 0 Å². The van der Waals surface area contributed by atoms with Gasteiger partial charge in [0.1, 0.15) is 0 Å². The lowest BCUT2D eigenvalue weighted by molar-refractivity contribution is 0.0955. The minimum absolute atomic E-state index is 0.906. The fourth-order valence-corrected chi connectivity index (χ4v) is 4.08. The molecule has 2 aliphatic carbocycles. The lowest BCUT2D eigenvalue weighted by Gasteiger charge is -2.47. The summed E-state index contributed by atoms with van der Waals surface area (Å²) in [4.78, 5) is 0. The van der Waals surface area contributed by atoms with Crippen molar-refractivity contribution < 1.29 is 0 Å². The lowest BCUT2D eigenvalue weighted by atomic mass is 9.69. The Morgan fingerprint density at radius 2 is 1.14 bits per heavy atom. The van der Waals surface area contributed by atoms with Crippen molar-refractivity contribution in [3.05, 3.63) is 0 Å². The van der Waals surface area contributed by atoms with E-state index in [4.69, 9.17) is 0 Å². The summed E-state index contributed by atoms with van der Waals surface area (Å²) >= 11 is 0. The normalized spacial score (nSPS) is 48.0. The second-order valence-electron chi connectivity index (χ2n) is 5.70. The Hall–Kier alpha value is -0.0400. The van der Waals surface area contributed by atoms with Gasteiger partial charge in [-0.25, -0.2) is 0 Å². The third kappa shape index (κ3) is 1.60. The molecule has 0 spiro atoms. The van der Waals surface area contributed by atoms with E-state index in [1.54, 1.807) is 6.42 Å². The Labute approximate surface area is 87.7 Å². The molecule has 3 fully saturated rings. The maximum Gasteiger partial charge on any atom is 0.00981 e. The van der Waals surface area contributed by atoms with Crippen LogP contribution in [-0.4, -0.2) is 12.1 Å². The third-order valence-corrected chi connectivity index (χ3v) is 4.85. The van der Waals surface area contributed by atoms with Gasteiger partial charge in [0.05, 0.1) is 0 Å². The molecule has 1 heteroatoms. The van der Waals surface area contributed by atoms with Crippen LogP contribution < -0.4 is 5.32 Å². The van der Waals surface area contributed by atoms with E-state index in [1.165, 1.54) is 51.4 Å². The average molecular weight is 193 g/mol. The number of piperidine rings is 1. The maximum absolute atomic E-state index is 3.96. The van der Waals surface area contributed by atoms with E-state index in [2.05, 4.69) is 5.32 Å². The molecular weight excluding hydrogens is 170 g/mol. The quantitative estimate of drug-likeness (QED) is 0.623. The molecule has 0 aromatic heterocycles. The van der Waals surface area contributed by atoms with Crippen LogP contribution in [0.2, 0.25) is 0 Å². The summed E-state index contributed by atoms with van der Waals surface area (Å²) in [6, 6.07) is 1.81. The van der Waals surface area contributed by atoms with E-state index in [-0.39, 0.29) is 0 Å². The van der Waals surface area contributed by atoms with Gasteiger partial charge in [0.25, 0.3) is 0 Å². The van der Waals surface area contributed by atoms with Gasteiger partial charge in [0.15, 0.2) is 0 Å². The fourth-order valence-electron chi connectivity index (χ4n) is 4.08. The van der Waals surface area contributed by atoms with Crippen molar-refractivity contribution in [1.82, 2.24) is 5.32 Å². The van der Waals surface area contributed by atoms with Gasteiger partial charge in [0.2, 0.25) is 0 Å². The van der Waals surface area contributed by atoms with Crippen LogP contribution in [0.4, 0.5) is 0 Å². The number of hydrogen-bond acceptors (Lipinski definition) is 1. The molecule has 1 N–H and O–H groups in total. The Morgan fingerprint density at radius 1 is 0.643 bits per heavy atom. The summed E-state index contributed by atoms with van der Waals surface area (Å²) in [5, 5.41) is 3.96. The number of hydrogen-bond donors (Lipinski definition) is 1. The molecule has 0 aromatic carbocycles. The first-order valence-electron chi connectivity index (χ1n) is 6.69. The van der Waals surface area contributed by atoms with Crippen LogP contribution in [0.25, 0.3) is 0 Å². The molecule has 1 nitrogen and oxygen atoms in total. The molecule has 80 valence electrons. The van der Waals surface area contributed by atoms with Crippen LogP contribution in [0.1, 0.15) is 57.8 Å². The zero-order valence-corrected chi connectivity index (χ0v) is 9.17. The minimum Gasteiger partial charge on any atom is -0.311 e. The minimum atomic E-state index is 0.906. The van der Waals surface area contributed by atoms with E-state index in [9.17, 15) is 0 Å². The summed E-state index contributed by atoms with van der Waals surface area (Å²) < 4.78 is 0. The summed E-state index contributed by atoms with van der Waals surface area (Å²) in [5.41, 5.74) is 0. The van der Waals surface area contributed by atoms with Crippen molar-refractivity contribution >= 4 is 0 Å². The van der Waals surface area contributed by atoms with Gasteiger partial charge >= 0.3 is 0 Å². The number of fused-ring (bicyclic) bond motifs is 2. The third-order valence-electron chi connectivity index (χ3n) is 4.85. The van der Waals surface area contributed by atoms with E-state index in [0.29, 0.717) is 0 Å². The first kappa shape index (κ1) is 9.21. The highest BCUT2D eigenvalue weighted by atomic mass is 15.0. The number of nitrogens with one attached hydrogen (secondary N) is 1. The molecule has 4 atom stereocenters. The highest BCUT2D eigenvalue weighted by Crippen LogP contribution is 2.40. The first-order chi connectivity index (χ1) is 6.93. The van der Waals surface area contributed by atoms with E-state index < -0.39 is 0 Å². The average Bonchev–Trinajstić information content (AvgIpc) is 2.26. The van der Waals surface area contributed by atoms with Crippen molar-refractivity contribution in [3.63, 3.8) is 0 Å². The van der Waals surface area contributed by atoms with Gasteiger partial charge in [-0.2, -0.15) is 0 Å². The molecule has 14 heavy (non-hydrogen) atoms. The summed E-state index contributed by atoms with van der Waals surface area (Å²) in [7, 11) is 0. The van der Waals surface area contributed by atoms with Gasteiger partial charge < -0.3 is 5.32 Å². The first-order valence-corrected chi connectivity index (χ1v) is 6.69. The second kappa shape index (κ2) is 3.84. The van der Waals surface area contributed by atoms with Gasteiger partial charge in [-0.05, 0) is 43.9 Å². The van der Waals surface area contributed by atoms with Crippen LogP contribution in [-0.2, 0) is 0 Å². The second-order valence-corrected chi connectivity index (χ2v) is 5.70. The predicted molar refractivity (Wildman–Crippen MR) is 59.2 cm³/mol. The topological polar surface area (TPSA) is 12.0 Å². The van der Waals surface area contributed by atoms with Gasteiger partial charge in [0, 0.05) is 12.1 Å². The molecule has 0 aromatic rings. The maximum atomic E-state index is 3.96. The lowest BCUT2D eigenvalue weighted by Crippen LogP contribution is -2.54. The van der Waals surface area contributed by atoms with Crippen molar-refractivity contribution in [2.24, 2.45) is 11.8 Å². The standard InChI is InChI=1S/C13H23N/c1-3-7-12-10(5-1)9-11-6-2-4-8-13(11)14-12/h10-14H,1-9H2/t10-,11+,12+,13-. The SMILES string of the molecule is C1CC[C@@H]2N[C@@H]3CCCC[C@H]3C[C@H]2C1. The molecule has 2 saturated carbocycles. The molecule has 0 bridgehead atoms. The van der Waals surface area contributed by atoms with Crippen LogP contribution in [0.15, 0.2) is 0 Å². The highest BCUT2D eigenvalue weighted by Gasteiger charge is 2.38. The fraction of sp³-hybridized carbons (Fsp3) is 1.00. The van der Waals surface area contributed by atoms with Crippen LogP contribution in [0.5, 0.6) is 0 Å². The predicted octanol–water partition coefficient (Wildman–Crippen LogP) is 3.10. The Morgan fingerprint density at radius 3 is 1.71 bits per heavy atom. The van der Waals surface area contributed by atoms with E-state index >= 15 is 0 Å². The molecule has 3 rings (SSSR count). The van der Waals surface area contributed by atoms with E-state index in [0.717, 1.165) is 23.9 Å². The summed E-state index contributed by atoms with van der Waals surface area (Å²) in [6.07, 6.45) is 13.5. The molecule has 1 aliphatic heterocycles. The number of rotatable bonds is 0. The highest BCUT2D eigenvalue weighted by molar-refractivity contribution is 4.95.